The van der Waals surface area contributed by atoms with Crippen LogP contribution in [-0.4, -0.2) is 60.4 Å². The third-order valence-electron chi connectivity index (χ3n) is 5.51. The Kier molecular flexibility index (Phi) is 7.93. The van der Waals surface area contributed by atoms with E-state index in [1.165, 1.54) is 0 Å². The molecule has 0 bridgehead atoms. The fourth-order valence-corrected chi connectivity index (χ4v) is 3.94. The number of anilines is 1. The van der Waals surface area contributed by atoms with E-state index in [2.05, 4.69) is 17.1 Å². The lowest BCUT2D eigenvalue weighted by Crippen LogP contribution is -2.53. The van der Waals surface area contributed by atoms with Crippen molar-refractivity contribution in [3.05, 3.63) is 58.6 Å². The second-order valence-corrected chi connectivity index (χ2v) is 8.27. The zero-order chi connectivity index (χ0) is 22.4. The second kappa shape index (κ2) is 10.6. The molecular formula is C24H30ClN3O3. The number of ether oxygens (including phenoxy) is 1. The highest BCUT2D eigenvalue weighted by molar-refractivity contribution is 6.30. The predicted octanol–water partition coefficient (Wildman–Crippen LogP) is 3.76. The number of nitrogens with zero attached hydrogens (tertiary/aromatic N) is 2. The Balaban J connectivity index is 1.47. The average molecular weight is 444 g/mol. The maximum atomic E-state index is 12.8. The molecule has 3 rings (SSSR count). The number of piperazine rings is 1. The third-order valence-corrected chi connectivity index (χ3v) is 5.75. The standard InChI is InChI=1S/C24H30ClN3O3/c1-4-19-7-5-6-8-21(19)26-23(29)16-27-11-13-28(14-12-27)24(30)18(3)31-22-10-9-20(25)15-17(22)2/h5-10,15,18H,4,11-14,16H2,1-3H3,(H,26,29). The number of carbonyl (C=O) groups is 2. The topological polar surface area (TPSA) is 61.9 Å². The van der Waals surface area contributed by atoms with E-state index in [1.807, 2.05) is 37.3 Å². The van der Waals surface area contributed by atoms with E-state index in [4.69, 9.17) is 16.3 Å². The lowest BCUT2D eigenvalue weighted by atomic mass is 10.1. The minimum Gasteiger partial charge on any atom is -0.481 e. The van der Waals surface area contributed by atoms with Gasteiger partial charge >= 0.3 is 0 Å². The molecule has 0 aliphatic carbocycles. The van der Waals surface area contributed by atoms with Crippen LogP contribution in [0.3, 0.4) is 0 Å². The number of hydrogen-bond donors (Lipinski definition) is 1. The predicted molar refractivity (Wildman–Crippen MR) is 124 cm³/mol. The number of carbonyl (C=O) groups excluding carboxylic acids is 2. The highest BCUT2D eigenvalue weighted by Crippen LogP contribution is 2.23. The lowest BCUT2D eigenvalue weighted by Gasteiger charge is -2.35. The van der Waals surface area contributed by atoms with Crippen molar-refractivity contribution in [2.45, 2.75) is 33.3 Å². The van der Waals surface area contributed by atoms with Crippen molar-refractivity contribution in [1.29, 1.82) is 0 Å². The van der Waals surface area contributed by atoms with Gasteiger partial charge in [0.2, 0.25) is 5.91 Å². The number of benzene rings is 2. The molecule has 2 aromatic carbocycles. The van der Waals surface area contributed by atoms with Gasteiger partial charge < -0.3 is 15.0 Å². The van der Waals surface area contributed by atoms with Crippen LogP contribution in [0.2, 0.25) is 5.02 Å². The van der Waals surface area contributed by atoms with Crippen LogP contribution < -0.4 is 10.1 Å². The van der Waals surface area contributed by atoms with Crippen molar-refractivity contribution in [1.82, 2.24) is 9.80 Å². The van der Waals surface area contributed by atoms with Crippen LogP contribution in [-0.2, 0) is 16.0 Å². The molecule has 0 aromatic heterocycles. The minimum atomic E-state index is -0.583. The maximum Gasteiger partial charge on any atom is 0.263 e. The van der Waals surface area contributed by atoms with E-state index >= 15 is 0 Å². The fourth-order valence-electron chi connectivity index (χ4n) is 3.71. The van der Waals surface area contributed by atoms with Gasteiger partial charge in [-0.2, -0.15) is 0 Å². The maximum absolute atomic E-state index is 12.8. The molecule has 1 aliphatic heterocycles. The van der Waals surface area contributed by atoms with Gasteiger partial charge in [0.25, 0.3) is 5.91 Å². The van der Waals surface area contributed by atoms with Crippen LogP contribution in [0.15, 0.2) is 42.5 Å². The highest BCUT2D eigenvalue weighted by atomic mass is 35.5. The Morgan fingerprint density at radius 3 is 2.52 bits per heavy atom. The lowest BCUT2D eigenvalue weighted by molar-refractivity contribution is -0.139. The van der Waals surface area contributed by atoms with Crippen molar-refractivity contribution in [3.63, 3.8) is 0 Å². The van der Waals surface area contributed by atoms with Gasteiger partial charge in [-0.25, -0.2) is 0 Å². The molecule has 1 N–H and O–H groups in total. The van der Waals surface area contributed by atoms with E-state index in [0.29, 0.717) is 43.5 Å². The second-order valence-electron chi connectivity index (χ2n) is 7.83. The van der Waals surface area contributed by atoms with Crippen molar-refractivity contribution in [2.75, 3.05) is 38.0 Å². The first kappa shape index (κ1) is 23.1. The Morgan fingerprint density at radius 2 is 1.84 bits per heavy atom. The molecule has 0 saturated carbocycles. The summed E-state index contributed by atoms with van der Waals surface area (Å²) >= 11 is 5.98. The van der Waals surface area contributed by atoms with Gasteiger partial charge in [0.05, 0.1) is 6.54 Å². The quantitative estimate of drug-likeness (QED) is 0.707. The van der Waals surface area contributed by atoms with E-state index in [-0.39, 0.29) is 11.8 Å². The highest BCUT2D eigenvalue weighted by Gasteiger charge is 2.27. The minimum absolute atomic E-state index is 0.0319. The zero-order valence-corrected chi connectivity index (χ0v) is 19.1. The van der Waals surface area contributed by atoms with Crippen LogP contribution in [0.1, 0.15) is 25.0 Å². The molecule has 2 aromatic rings. The first-order valence-corrected chi connectivity index (χ1v) is 11.1. The monoisotopic (exact) mass is 443 g/mol. The number of halogens is 1. The van der Waals surface area contributed by atoms with Crippen LogP contribution in [0, 0.1) is 6.92 Å². The number of rotatable bonds is 7. The largest absolute Gasteiger partial charge is 0.481 e. The summed E-state index contributed by atoms with van der Waals surface area (Å²) in [4.78, 5) is 29.1. The molecule has 1 fully saturated rings. The smallest absolute Gasteiger partial charge is 0.263 e. The molecule has 166 valence electrons. The summed E-state index contributed by atoms with van der Waals surface area (Å²) in [6, 6.07) is 13.2. The molecule has 1 saturated heterocycles. The van der Waals surface area contributed by atoms with Gasteiger partial charge in [0, 0.05) is 36.9 Å². The molecule has 1 aliphatic rings. The zero-order valence-electron chi connectivity index (χ0n) is 18.4. The number of aryl methyl sites for hydroxylation is 2. The molecule has 31 heavy (non-hydrogen) atoms. The van der Waals surface area contributed by atoms with E-state index in [0.717, 1.165) is 23.2 Å². The van der Waals surface area contributed by atoms with Crippen LogP contribution in [0.4, 0.5) is 5.69 Å². The molecule has 1 atom stereocenters. The average Bonchev–Trinajstić information content (AvgIpc) is 2.76. The molecule has 0 radical (unpaired) electrons. The summed E-state index contributed by atoms with van der Waals surface area (Å²) in [5, 5.41) is 3.65. The van der Waals surface area contributed by atoms with Crippen LogP contribution in [0.25, 0.3) is 0 Å². The van der Waals surface area contributed by atoms with Crippen molar-refractivity contribution >= 4 is 29.1 Å². The van der Waals surface area contributed by atoms with Crippen LogP contribution in [0.5, 0.6) is 5.75 Å². The first-order chi connectivity index (χ1) is 14.9. The van der Waals surface area contributed by atoms with Crippen molar-refractivity contribution in [3.8, 4) is 5.75 Å². The van der Waals surface area contributed by atoms with Crippen molar-refractivity contribution in [2.24, 2.45) is 0 Å². The van der Waals surface area contributed by atoms with E-state index in [9.17, 15) is 9.59 Å². The SMILES string of the molecule is CCc1ccccc1NC(=O)CN1CCN(C(=O)C(C)Oc2ccc(Cl)cc2C)CC1. The molecule has 1 heterocycles. The molecule has 2 amide bonds. The number of nitrogens with one attached hydrogen (secondary N) is 1. The Labute approximate surface area is 189 Å². The van der Waals surface area contributed by atoms with E-state index in [1.54, 1.807) is 24.0 Å². The van der Waals surface area contributed by atoms with Gasteiger partial charge in [0.1, 0.15) is 5.75 Å². The normalized spacial score (nSPS) is 15.4. The van der Waals surface area contributed by atoms with Crippen molar-refractivity contribution < 1.29 is 14.3 Å². The number of hydrogen-bond acceptors (Lipinski definition) is 4. The summed E-state index contributed by atoms with van der Waals surface area (Å²) in [6.07, 6.45) is 0.285. The van der Waals surface area contributed by atoms with Gasteiger partial charge in [-0.3, -0.25) is 14.5 Å². The van der Waals surface area contributed by atoms with Gasteiger partial charge in [0.15, 0.2) is 6.10 Å². The summed E-state index contributed by atoms with van der Waals surface area (Å²) in [5.74, 6) is 0.582. The third kappa shape index (κ3) is 6.21. The molecule has 6 nitrogen and oxygen atoms in total. The Hall–Kier alpha value is -2.57. The first-order valence-electron chi connectivity index (χ1n) is 10.7. The number of amides is 2. The Bertz CT molecular complexity index is 926. The summed E-state index contributed by atoms with van der Waals surface area (Å²) in [5.41, 5.74) is 2.89. The van der Waals surface area contributed by atoms with E-state index < -0.39 is 6.10 Å². The molecule has 1 unspecified atom stereocenters. The van der Waals surface area contributed by atoms with Gasteiger partial charge in [-0.15, -0.1) is 0 Å². The summed E-state index contributed by atoms with van der Waals surface area (Å²) in [7, 11) is 0. The van der Waals surface area contributed by atoms with Crippen LogP contribution >= 0.6 is 11.6 Å². The van der Waals surface area contributed by atoms with Gasteiger partial charge in [-0.1, -0.05) is 36.7 Å². The van der Waals surface area contributed by atoms with Gasteiger partial charge in [-0.05, 0) is 55.7 Å². The molecule has 0 spiro atoms. The molecular weight excluding hydrogens is 414 g/mol. The number of para-hydroxylation sites is 1. The Morgan fingerprint density at radius 1 is 1.13 bits per heavy atom. The molecule has 7 heteroatoms. The summed E-state index contributed by atoms with van der Waals surface area (Å²) < 4.78 is 5.87. The summed E-state index contributed by atoms with van der Waals surface area (Å²) in [6.45, 7) is 8.51. The fraction of sp³-hybridized carbons (Fsp3) is 0.417.